The number of carboxylic acid groups (broad SMARTS) is 1. The molecule has 5 heteroatoms. The van der Waals surface area contributed by atoms with Crippen LogP contribution in [0.1, 0.15) is 15.9 Å². The second-order valence-electron chi connectivity index (χ2n) is 4.15. The monoisotopic (exact) mass is 234 g/mol. The van der Waals surface area contributed by atoms with Crippen molar-refractivity contribution in [1.29, 1.82) is 0 Å². The van der Waals surface area contributed by atoms with Crippen LogP contribution in [0, 0.1) is 12.8 Å². The van der Waals surface area contributed by atoms with Crippen LogP contribution in [0.5, 0.6) is 0 Å². The molecule has 1 aromatic carbocycles. The highest BCUT2D eigenvalue weighted by Crippen LogP contribution is 2.20. The van der Waals surface area contributed by atoms with E-state index >= 15 is 0 Å². The summed E-state index contributed by atoms with van der Waals surface area (Å²) >= 11 is 0. The van der Waals surface area contributed by atoms with Crippen LogP contribution in [0.4, 0.5) is 5.69 Å². The van der Waals surface area contributed by atoms with Crippen molar-refractivity contribution in [3.05, 3.63) is 29.3 Å². The number of nitrogens with one attached hydrogen (secondary N) is 2. The van der Waals surface area contributed by atoms with Gasteiger partial charge in [-0.05, 0) is 18.6 Å². The van der Waals surface area contributed by atoms with Crippen LogP contribution in [0.2, 0.25) is 0 Å². The number of carboxylic acids is 1. The van der Waals surface area contributed by atoms with Crippen molar-refractivity contribution in [2.75, 3.05) is 18.4 Å². The van der Waals surface area contributed by atoms with Gasteiger partial charge in [0.05, 0.1) is 17.2 Å². The summed E-state index contributed by atoms with van der Waals surface area (Å²) in [4.78, 5) is 22.9. The third-order valence-corrected chi connectivity index (χ3v) is 2.90. The topological polar surface area (TPSA) is 78.4 Å². The summed E-state index contributed by atoms with van der Waals surface area (Å²) in [6, 6.07) is 5.06. The first-order valence-electron chi connectivity index (χ1n) is 5.44. The number of aryl methyl sites for hydroxylation is 1. The number of aromatic carboxylic acids is 1. The van der Waals surface area contributed by atoms with E-state index in [0.29, 0.717) is 24.3 Å². The van der Waals surface area contributed by atoms with Crippen molar-refractivity contribution in [3.63, 3.8) is 0 Å². The molecule has 0 spiro atoms. The maximum atomic E-state index is 11.7. The molecule has 0 bridgehead atoms. The first kappa shape index (κ1) is 11.6. The molecule has 1 amide bonds. The number of hydrogen-bond donors (Lipinski definition) is 3. The minimum atomic E-state index is -1.02. The van der Waals surface area contributed by atoms with E-state index in [4.69, 9.17) is 5.11 Å². The van der Waals surface area contributed by atoms with Crippen molar-refractivity contribution in [3.8, 4) is 0 Å². The van der Waals surface area contributed by atoms with E-state index in [9.17, 15) is 9.59 Å². The largest absolute Gasteiger partial charge is 0.478 e. The lowest BCUT2D eigenvalue weighted by Gasteiger charge is -2.26. The maximum absolute atomic E-state index is 11.7. The average molecular weight is 234 g/mol. The predicted molar refractivity (Wildman–Crippen MR) is 63.1 cm³/mol. The molecule has 0 radical (unpaired) electrons. The van der Waals surface area contributed by atoms with Gasteiger partial charge in [0, 0.05) is 13.1 Å². The number of amides is 1. The van der Waals surface area contributed by atoms with Crippen LogP contribution in [0.3, 0.4) is 0 Å². The quantitative estimate of drug-likeness (QED) is 0.724. The van der Waals surface area contributed by atoms with E-state index in [2.05, 4.69) is 10.6 Å². The zero-order chi connectivity index (χ0) is 12.4. The third kappa shape index (κ3) is 2.29. The fourth-order valence-electron chi connectivity index (χ4n) is 1.76. The van der Waals surface area contributed by atoms with Gasteiger partial charge in [0.15, 0.2) is 0 Å². The predicted octanol–water partition coefficient (Wildman–Crippen LogP) is 0.851. The van der Waals surface area contributed by atoms with Gasteiger partial charge in [-0.1, -0.05) is 12.1 Å². The SMILES string of the molecule is Cc1cccc(NC(=O)C2CNC2)c1C(=O)O. The summed E-state index contributed by atoms with van der Waals surface area (Å²) in [6.07, 6.45) is 0. The number of benzene rings is 1. The highest BCUT2D eigenvalue weighted by atomic mass is 16.4. The van der Waals surface area contributed by atoms with Gasteiger partial charge in [0.25, 0.3) is 0 Å². The average Bonchev–Trinajstić information content (AvgIpc) is 2.13. The van der Waals surface area contributed by atoms with Crippen molar-refractivity contribution < 1.29 is 14.7 Å². The molecule has 0 unspecified atom stereocenters. The lowest BCUT2D eigenvalue weighted by molar-refractivity contribution is -0.121. The molecular formula is C12H14N2O3. The number of carbonyl (C=O) groups is 2. The van der Waals surface area contributed by atoms with Crippen LogP contribution in [0.25, 0.3) is 0 Å². The maximum Gasteiger partial charge on any atom is 0.338 e. The van der Waals surface area contributed by atoms with Crippen LogP contribution in [0.15, 0.2) is 18.2 Å². The normalized spacial score (nSPS) is 15.1. The third-order valence-electron chi connectivity index (χ3n) is 2.90. The van der Waals surface area contributed by atoms with E-state index in [-0.39, 0.29) is 17.4 Å². The van der Waals surface area contributed by atoms with E-state index < -0.39 is 5.97 Å². The van der Waals surface area contributed by atoms with Gasteiger partial charge < -0.3 is 15.7 Å². The van der Waals surface area contributed by atoms with Gasteiger partial charge in [-0.15, -0.1) is 0 Å². The number of hydrogen-bond acceptors (Lipinski definition) is 3. The highest BCUT2D eigenvalue weighted by molar-refractivity contribution is 6.02. The zero-order valence-corrected chi connectivity index (χ0v) is 9.49. The first-order chi connectivity index (χ1) is 8.09. The van der Waals surface area contributed by atoms with Gasteiger partial charge >= 0.3 is 5.97 Å². The fourth-order valence-corrected chi connectivity index (χ4v) is 1.76. The van der Waals surface area contributed by atoms with Gasteiger partial charge in [0.1, 0.15) is 0 Å². The highest BCUT2D eigenvalue weighted by Gasteiger charge is 2.26. The summed E-state index contributed by atoms with van der Waals surface area (Å²) in [6.45, 7) is 3.02. The van der Waals surface area contributed by atoms with E-state index in [1.54, 1.807) is 25.1 Å². The van der Waals surface area contributed by atoms with E-state index in [1.165, 1.54) is 0 Å². The number of anilines is 1. The standard InChI is InChI=1S/C12H14N2O3/c1-7-3-2-4-9(10(7)12(16)17)14-11(15)8-5-13-6-8/h2-4,8,13H,5-6H2,1H3,(H,14,15)(H,16,17). The number of carbonyl (C=O) groups excluding carboxylic acids is 1. The second-order valence-corrected chi connectivity index (χ2v) is 4.15. The number of rotatable bonds is 3. The van der Waals surface area contributed by atoms with Crippen LogP contribution < -0.4 is 10.6 Å². The van der Waals surface area contributed by atoms with Crippen molar-refractivity contribution in [1.82, 2.24) is 5.32 Å². The molecule has 0 aliphatic carbocycles. The van der Waals surface area contributed by atoms with Crippen molar-refractivity contribution in [2.45, 2.75) is 6.92 Å². The Morgan fingerprint density at radius 1 is 1.41 bits per heavy atom. The Hall–Kier alpha value is -1.88. The molecule has 0 saturated carbocycles. The molecule has 2 rings (SSSR count). The van der Waals surface area contributed by atoms with Crippen molar-refractivity contribution >= 4 is 17.6 Å². The lowest BCUT2D eigenvalue weighted by Crippen LogP contribution is -2.48. The van der Waals surface area contributed by atoms with Crippen molar-refractivity contribution in [2.24, 2.45) is 5.92 Å². The first-order valence-corrected chi connectivity index (χ1v) is 5.44. The fraction of sp³-hybridized carbons (Fsp3) is 0.333. The molecule has 1 aliphatic rings. The Morgan fingerprint density at radius 3 is 2.65 bits per heavy atom. The molecule has 1 aromatic rings. The molecule has 17 heavy (non-hydrogen) atoms. The Labute approximate surface area is 98.8 Å². The lowest BCUT2D eigenvalue weighted by atomic mass is 10.0. The molecule has 5 nitrogen and oxygen atoms in total. The molecule has 3 N–H and O–H groups in total. The van der Waals surface area contributed by atoms with E-state index in [0.717, 1.165) is 0 Å². The van der Waals surface area contributed by atoms with Gasteiger partial charge in [-0.2, -0.15) is 0 Å². The Bertz CT molecular complexity index is 467. The molecular weight excluding hydrogens is 220 g/mol. The molecule has 0 aromatic heterocycles. The molecule has 0 atom stereocenters. The summed E-state index contributed by atoms with van der Waals surface area (Å²) in [5.41, 5.74) is 1.17. The summed E-state index contributed by atoms with van der Waals surface area (Å²) < 4.78 is 0. The van der Waals surface area contributed by atoms with Crippen LogP contribution in [-0.4, -0.2) is 30.1 Å². The van der Waals surface area contributed by atoms with Gasteiger partial charge in [-0.25, -0.2) is 4.79 Å². The minimum absolute atomic E-state index is 0.0582. The Kier molecular flexibility index (Phi) is 3.10. The smallest absolute Gasteiger partial charge is 0.338 e. The van der Waals surface area contributed by atoms with Crippen LogP contribution >= 0.6 is 0 Å². The molecule has 1 aliphatic heterocycles. The van der Waals surface area contributed by atoms with Crippen LogP contribution in [-0.2, 0) is 4.79 Å². The Balaban J connectivity index is 2.22. The minimum Gasteiger partial charge on any atom is -0.478 e. The molecule has 1 saturated heterocycles. The second kappa shape index (κ2) is 4.55. The van der Waals surface area contributed by atoms with Gasteiger partial charge in [0.2, 0.25) is 5.91 Å². The Morgan fingerprint density at radius 2 is 2.12 bits per heavy atom. The summed E-state index contributed by atoms with van der Waals surface area (Å²) in [5.74, 6) is -1.21. The van der Waals surface area contributed by atoms with E-state index in [1.807, 2.05) is 0 Å². The molecule has 1 heterocycles. The molecule has 90 valence electrons. The molecule has 1 fully saturated rings. The summed E-state index contributed by atoms with van der Waals surface area (Å²) in [5, 5.41) is 14.8. The van der Waals surface area contributed by atoms with Gasteiger partial charge in [-0.3, -0.25) is 4.79 Å². The zero-order valence-electron chi connectivity index (χ0n) is 9.49. The summed E-state index contributed by atoms with van der Waals surface area (Å²) in [7, 11) is 0.